The lowest BCUT2D eigenvalue weighted by Crippen LogP contribution is -2.33. The van der Waals surface area contributed by atoms with Crippen molar-refractivity contribution in [2.24, 2.45) is 0 Å². The molecule has 3 nitrogen and oxygen atoms in total. The second-order valence-corrected chi connectivity index (χ2v) is 4.51. The van der Waals surface area contributed by atoms with Gasteiger partial charge in [0.05, 0.1) is 13.2 Å². The fourth-order valence-corrected chi connectivity index (χ4v) is 2.40. The summed E-state index contributed by atoms with van der Waals surface area (Å²) in [5, 5.41) is 3.56. The maximum absolute atomic E-state index is 5.66. The second-order valence-electron chi connectivity index (χ2n) is 4.51. The second kappa shape index (κ2) is 4.44. The van der Waals surface area contributed by atoms with Crippen LogP contribution in [0.4, 0.5) is 0 Å². The first-order valence-electron chi connectivity index (χ1n) is 5.96. The van der Waals surface area contributed by atoms with Crippen LogP contribution in [0.5, 0.6) is 5.75 Å². The summed E-state index contributed by atoms with van der Waals surface area (Å²) in [4.78, 5) is 0. The van der Waals surface area contributed by atoms with Gasteiger partial charge in [-0.2, -0.15) is 0 Å². The minimum atomic E-state index is 0.497. The fourth-order valence-electron chi connectivity index (χ4n) is 2.40. The molecule has 1 saturated heterocycles. The molecule has 2 aliphatic heterocycles. The van der Waals surface area contributed by atoms with Crippen LogP contribution in [0.3, 0.4) is 0 Å². The van der Waals surface area contributed by atoms with Gasteiger partial charge in [0.1, 0.15) is 5.75 Å². The summed E-state index contributed by atoms with van der Waals surface area (Å²) in [7, 11) is 0. The summed E-state index contributed by atoms with van der Waals surface area (Å²) in [5.41, 5.74) is 1.34. The van der Waals surface area contributed by atoms with Crippen LogP contribution in [0.2, 0.25) is 0 Å². The molecular formula is C13H17NO2. The normalized spacial score (nSPS) is 27.8. The van der Waals surface area contributed by atoms with E-state index >= 15 is 0 Å². The van der Waals surface area contributed by atoms with Gasteiger partial charge in [-0.15, -0.1) is 0 Å². The number of ether oxygens (including phenoxy) is 2. The Morgan fingerprint density at radius 3 is 3.06 bits per heavy atom. The molecule has 0 spiro atoms. The van der Waals surface area contributed by atoms with E-state index in [0.29, 0.717) is 12.0 Å². The van der Waals surface area contributed by atoms with E-state index in [4.69, 9.17) is 9.47 Å². The van der Waals surface area contributed by atoms with Gasteiger partial charge >= 0.3 is 0 Å². The fraction of sp³-hybridized carbons (Fsp3) is 0.538. The molecule has 0 amide bonds. The van der Waals surface area contributed by atoms with Crippen LogP contribution in [0.15, 0.2) is 24.3 Å². The minimum absolute atomic E-state index is 0.497. The lowest BCUT2D eigenvalue weighted by Gasteiger charge is -2.14. The standard InChI is InChI=1S/C13H17NO2/c1-2-4-13-12(3-1)10(8-16-13)7-14-11-5-6-15-9-11/h1-4,10-11,14H,5-9H2. The van der Waals surface area contributed by atoms with Crippen LogP contribution in [0, 0.1) is 0 Å². The smallest absolute Gasteiger partial charge is 0.122 e. The molecule has 86 valence electrons. The molecule has 2 unspecified atom stereocenters. The molecule has 3 rings (SSSR count). The summed E-state index contributed by atoms with van der Waals surface area (Å²) in [5.74, 6) is 1.55. The van der Waals surface area contributed by atoms with Crippen LogP contribution in [-0.2, 0) is 4.74 Å². The van der Waals surface area contributed by atoms with Gasteiger partial charge in [-0.1, -0.05) is 18.2 Å². The lowest BCUT2D eigenvalue weighted by molar-refractivity contribution is 0.189. The average Bonchev–Trinajstić information content (AvgIpc) is 2.96. The molecular weight excluding hydrogens is 202 g/mol. The molecule has 2 atom stereocenters. The monoisotopic (exact) mass is 219 g/mol. The van der Waals surface area contributed by atoms with E-state index in [1.807, 2.05) is 12.1 Å². The Morgan fingerprint density at radius 1 is 1.25 bits per heavy atom. The van der Waals surface area contributed by atoms with Crippen LogP contribution in [-0.4, -0.2) is 32.4 Å². The largest absolute Gasteiger partial charge is 0.493 e. The molecule has 0 radical (unpaired) electrons. The first-order chi connectivity index (χ1) is 7.93. The van der Waals surface area contributed by atoms with Crippen LogP contribution >= 0.6 is 0 Å². The Bertz CT molecular complexity index is 361. The highest BCUT2D eigenvalue weighted by Crippen LogP contribution is 2.32. The van der Waals surface area contributed by atoms with Crippen molar-refractivity contribution in [2.75, 3.05) is 26.4 Å². The van der Waals surface area contributed by atoms with Gasteiger partial charge < -0.3 is 14.8 Å². The molecule has 3 heteroatoms. The first kappa shape index (κ1) is 10.1. The van der Waals surface area contributed by atoms with Crippen molar-refractivity contribution >= 4 is 0 Å². The summed E-state index contributed by atoms with van der Waals surface area (Å²) in [6.07, 6.45) is 1.13. The highest BCUT2D eigenvalue weighted by Gasteiger charge is 2.24. The van der Waals surface area contributed by atoms with Crippen molar-refractivity contribution in [2.45, 2.75) is 18.4 Å². The Morgan fingerprint density at radius 2 is 2.19 bits per heavy atom. The molecule has 0 aliphatic carbocycles. The van der Waals surface area contributed by atoms with E-state index in [0.717, 1.165) is 38.5 Å². The van der Waals surface area contributed by atoms with E-state index in [2.05, 4.69) is 17.4 Å². The minimum Gasteiger partial charge on any atom is -0.493 e. The van der Waals surface area contributed by atoms with E-state index < -0.39 is 0 Å². The molecule has 2 aliphatic rings. The highest BCUT2D eigenvalue weighted by molar-refractivity contribution is 5.39. The number of rotatable bonds is 3. The van der Waals surface area contributed by atoms with Gasteiger partial charge in [-0.3, -0.25) is 0 Å². The summed E-state index contributed by atoms with van der Waals surface area (Å²) < 4.78 is 11.0. The summed E-state index contributed by atoms with van der Waals surface area (Å²) >= 11 is 0. The number of para-hydroxylation sites is 1. The zero-order valence-electron chi connectivity index (χ0n) is 9.32. The van der Waals surface area contributed by atoms with Crippen LogP contribution in [0.25, 0.3) is 0 Å². The molecule has 1 N–H and O–H groups in total. The summed E-state index contributed by atoms with van der Waals surface area (Å²) in [6.45, 7) is 3.55. The zero-order chi connectivity index (χ0) is 10.8. The van der Waals surface area contributed by atoms with Crippen molar-refractivity contribution in [3.8, 4) is 5.75 Å². The lowest BCUT2D eigenvalue weighted by atomic mass is 10.0. The van der Waals surface area contributed by atoms with E-state index in [-0.39, 0.29) is 0 Å². The van der Waals surface area contributed by atoms with Gasteiger partial charge in [-0.25, -0.2) is 0 Å². The molecule has 2 heterocycles. The Kier molecular flexibility index (Phi) is 2.80. The van der Waals surface area contributed by atoms with Crippen LogP contribution < -0.4 is 10.1 Å². The molecule has 1 fully saturated rings. The predicted molar refractivity (Wildman–Crippen MR) is 61.9 cm³/mol. The quantitative estimate of drug-likeness (QED) is 0.836. The molecule has 0 saturated carbocycles. The average molecular weight is 219 g/mol. The Balaban J connectivity index is 1.60. The molecule has 0 bridgehead atoms. The van der Waals surface area contributed by atoms with E-state index in [9.17, 15) is 0 Å². The molecule has 0 aromatic heterocycles. The zero-order valence-corrected chi connectivity index (χ0v) is 9.32. The van der Waals surface area contributed by atoms with E-state index in [1.165, 1.54) is 5.56 Å². The van der Waals surface area contributed by atoms with Crippen molar-refractivity contribution in [3.05, 3.63) is 29.8 Å². The van der Waals surface area contributed by atoms with Gasteiger partial charge in [0.2, 0.25) is 0 Å². The van der Waals surface area contributed by atoms with Crippen molar-refractivity contribution in [3.63, 3.8) is 0 Å². The van der Waals surface area contributed by atoms with Gasteiger partial charge in [0.25, 0.3) is 0 Å². The van der Waals surface area contributed by atoms with Crippen molar-refractivity contribution in [1.29, 1.82) is 0 Å². The number of hydrogen-bond donors (Lipinski definition) is 1. The third kappa shape index (κ3) is 1.93. The summed E-state index contributed by atoms with van der Waals surface area (Å²) in [6, 6.07) is 8.86. The molecule has 16 heavy (non-hydrogen) atoms. The highest BCUT2D eigenvalue weighted by atomic mass is 16.5. The number of nitrogens with one attached hydrogen (secondary N) is 1. The van der Waals surface area contributed by atoms with Crippen molar-refractivity contribution in [1.82, 2.24) is 5.32 Å². The Hall–Kier alpha value is -1.06. The topological polar surface area (TPSA) is 30.5 Å². The maximum atomic E-state index is 5.66. The van der Waals surface area contributed by atoms with E-state index in [1.54, 1.807) is 0 Å². The van der Waals surface area contributed by atoms with Gasteiger partial charge in [0, 0.05) is 30.7 Å². The third-order valence-electron chi connectivity index (χ3n) is 3.38. The molecule has 1 aromatic carbocycles. The number of benzene rings is 1. The third-order valence-corrected chi connectivity index (χ3v) is 3.38. The van der Waals surface area contributed by atoms with Gasteiger partial charge in [-0.05, 0) is 12.5 Å². The molecule has 1 aromatic rings. The number of hydrogen-bond acceptors (Lipinski definition) is 3. The van der Waals surface area contributed by atoms with Gasteiger partial charge in [0.15, 0.2) is 0 Å². The van der Waals surface area contributed by atoms with Crippen molar-refractivity contribution < 1.29 is 9.47 Å². The SMILES string of the molecule is c1ccc2c(c1)OCC2CNC1CCOC1. The Labute approximate surface area is 95.8 Å². The predicted octanol–water partition coefficient (Wildman–Crippen LogP) is 1.54. The first-order valence-corrected chi connectivity index (χ1v) is 5.96. The van der Waals surface area contributed by atoms with Crippen LogP contribution in [0.1, 0.15) is 17.9 Å². The maximum Gasteiger partial charge on any atom is 0.122 e. The number of fused-ring (bicyclic) bond motifs is 1.